The molecular formula is C14H15N5. The van der Waals surface area contributed by atoms with Gasteiger partial charge in [-0.05, 0) is 19.2 Å². The molecule has 0 aliphatic heterocycles. The van der Waals surface area contributed by atoms with Crippen LogP contribution < -0.4 is 5.32 Å². The molecule has 0 saturated heterocycles. The minimum atomic E-state index is 0.177. The molecule has 3 rings (SSSR count). The third-order valence-electron chi connectivity index (χ3n) is 3.22. The van der Waals surface area contributed by atoms with Gasteiger partial charge in [-0.15, -0.1) is 0 Å². The molecule has 5 nitrogen and oxygen atoms in total. The van der Waals surface area contributed by atoms with Crippen molar-refractivity contribution in [2.75, 3.05) is 7.05 Å². The molecule has 3 aromatic heterocycles. The van der Waals surface area contributed by atoms with E-state index < -0.39 is 0 Å². The van der Waals surface area contributed by atoms with Crippen molar-refractivity contribution in [1.82, 2.24) is 24.9 Å². The summed E-state index contributed by atoms with van der Waals surface area (Å²) in [6, 6.07) is 6.15. The average molecular weight is 253 g/mol. The Labute approximate surface area is 111 Å². The van der Waals surface area contributed by atoms with Crippen LogP contribution in [0.5, 0.6) is 0 Å². The standard InChI is InChI=1S/C14H15N5/c1-15-13(8-11-4-2-3-5-17-11)12-9-18-19-7-6-16-10-14(12)19/h2-7,9-10,13,15H,8H2,1H3. The second kappa shape index (κ2) is 5.16. The number of rotatable bonds is 4. The molecule has 0 spiro atoms. The van der Waals surface area contributed by atoms with Crippen LogP contribution in [0.3, 0.4) is 0 Å². The number of hydrogen-bond acceptors (Lipinski definition) is 4. The summed E-state index contributed by atoms with van der Waals surface area (Å²) in [4.78, 5) is 8.54. The first-order valence-corrected chi connectivity index (χ1v) is 6.23. The van der Waals surface area contributed by atoms with Crippen molar-refractivity contribution in [3.8, 4) is 0 Å². The van der Waals surface area contributed by atoms with E-state index in [1.54, 1.807) is 6.20 Å². The van der Waals surface area contributed by atoms with Gasteiger partial charge in [-0.3, -0.25) is 9.97 Å². The number of nitrogens with zero attached hydrogens (tertiary/aromatic N) is 4. The van der Waals surface area contributed by atoms with Gasteiger partial charge >= 0.3 is 0 Å². The van der Waals surface area contributed by atoms with E-state index in [2.05, 4.69) is 20.4 Å². The van der Waals surface area contributed by atoms with Gasteiger partial charge in [0.2, 0.25) is 0 Å². The lowest BCUT2D eigenvalue weighted by Gasteiger charge is -2.14. The summed E-state index contributed by atoms with van der Waals surface area (Å²) in [5, 5.41) is 7.67. The lowest BCUT2D eigenvalue weighted by Crippen LogP contribution is -2.19. The summed E-state index contributed by atoms with van der Waals surface area (Å²) in [5.41, 5.74) is 3.23. The summed E-state index contributed by atoms with van der Waals surface area (Å²) < 4.78 is 1.84. The maximum Gasteiger partial charge on any atom is 0.0892 e. The summed E-state index contributed by atoms with van der Waals surface area (Å²) in [5.74, 6) is 0. The van der Waals surface area contributed by atoms with Crippen molar-refractivity contribution in [2.45, 2.75) is 12.5 Å². The third kappa shape index (κ3) is 2.32. The van der Waals surface area contributed by atoms with E-state index >= 15 is 0 Å². The van der Waals surface area contributed by atoms with Crippen LogP contribution in [0.15, 0.2) is 49.2 Å². The zero-order valence-electron chi connectivity index (χ0n) is 10.7. The van der Waals surface area contributed by atoms with Gasteiger partial charge in [0.05, 0.1) is 17.9 Å². The molecule has 3 heterocycles. The van der Waals surface area contributed by atoms with E-state index in [-0.39, 0.29) is 6.04 Å². The molecule has 0 aromatic carbocycles. The lowest BCUT2D eigenvalue weighted by molar-refractivity contribution is 0.588. The van der Waals surface area contributed by atoms with E-state index in [1.165, 1.54) is 0 Å². The number of aromatic nitrogens is 4. The van der Waals surface area contributed by atoms with E-state index in [0.717, 1.165) is 23.2 Å². The molecule has 1 atom stereocenters. The van der Waals surface area contributed by atoms with Gasteiger partial charge in [0.25, 0.3) is 0 Å². The molecule has 19 heavy (non-hydrogen) atoms. The Kier molecular flexibility index (Phi) is 3.20. The first kappa shape index (κ1) is 11.8. The molecule has 0 aliphatic rings. The zero-order valence-corrected chi connectivity index (χ0v) is 10.7. The number of pyridine rings is 1. The molecule has 0 saturated carbocycles. The topological polar surface area (TPSA) is 55.1 Å². The Hall–Kier alpha value is -2.27. The van der Waals surface area contributed by atoms with Crippen LogP contribution in [0.4, 0.5) is 0 Å². The molecule has 1 unspecified atom stereocenters. The highest BCUT2D eigenvalue weighted by atomic mass is 15.2. The van der Waals surface area contributed by atoms with Crippen molar-refractivity contribution in [3.05, 3.63) is 60.4 Å². The lowest BCUT2D eigenvalue weighted by atomic mass is 10.0. The van der Waals surface area contributed by atoms with Crippen molar-refractivity contribution in [1.29, 1.82) is 0 Å². The molecule has 1 N–H and O–H groups in total. The van der Waals surface area contributed by atoms with Crippen LogP contribution in [-0.2, 0) is 6.42 Å². The molecule has 5 heteroatoms. The van der Waals surface area contributed by atoms with E-state index in [0.29, 0.717) is 0 Å². The van der Waals surface area contributed by atoms with Crippen LogP contribution in [0.1, 0.15) is 17.3 Å². The number of hydrogen-bond donors (Lipinski definition) is 1. The fourth-order valence-electron chi connectivity index (χ4n) is 2.22. The Morgan fingerprint density at radius 2 is 2.21 bits per heavy atom. The predicted octanol–water partition coefficient (Wildman–Crippen LogP) is 1.63. The Balaban J connectivity index is 1.94. The second-order valence-corrected chi connectivity index (χ2v) is 4.37. The monoisotopic (exact) mass is 253 g/mol. The van der Waals surface area contributed by atoms with E-state index in [9.17, 15) is 0 Å². The molecule has 96 valence electrons. The summed E-state index contributed by atoms with van der Waals surface area (Å²) >= 11 is 0. The maximum absolute atomic E-state index is 4.37. The third-order valence-corrected chi connectivity index (χ3v) is 3.22. The highest BCUT2D eigenvalue weighted by molar-refractivity contribution is 5.53. The fraction of sp³-hybridized carbons (Fsp3) is 0.214. The van der Waals surface area contributed by atoms with E-state index in [1.807, 2.05) is 54.5 Å². The second-order valence-electron chi connectivity index (χ2n) is 4.37. The van der Waals surface area contributed by atoms with Gasteiger partial charge in [0.15, 0.2) is 0 Å². The minimum absolute atomic E-state index is 0.177. The Bertz CT molecular complexity index is 662. The van der Waals surface area contributed by atoms with Gasteiger partial charge in [0.1, 0.15) is 0 Å². The number of likely N-dealkylation sites (N-methyl/N-ethyl adjacent to an activating group) is 1. The normalized spacial score (nSPS) is 12.7. The average Bonchev–Trinajstić information content (AvgIpc) is 2.90. The van der Waals surface area contributed by atoms with Gasteiger partial charge < -0.3 is 5.32 Å². The molecule has 0 aliphatic carbocycles. The molecule has 3 aromatic rings. The smallest absolute Gasteiger partial charge is 0.0892 e. The Morgan fingerprint density at radius 1 is 1.26 bits per heavy atom. The van der Waals surface area contributed by atoms with E-state index in [4.69, 9.17) is 0 Å². The van der Waals surface area contributed by atoms with Crippen molar-refractivity contribution in [3.63, 3.8) is 0 Å². The van der Waals surface area contributed by atoms with Gasteiger partial charge in [-0.2, -0.15) is 5.10 Å². The van der Waals surface area contributed by atoms with Gasteiger partial charge in [0, 0.05) is 42.3 Å². The summed E-state index contributed by atoms with van der Waals surface area (Å²) in [6.45, 7) is 0. The minimum Gasteiger partial charge on any atom is -0.313 e. The number of fused-ring (bicyclic) bond motifs is 1. The van der Waals surface area contributed by atoms with Gasteiger partial charge in [-0.25, -0.2) is 4.52 Å². The van der Waals surface area contributed by atoms with Crippen LogP contribution in [0.25, 0.3) is 5.52 Å². The SMILES string of the molecule is CNC(Cc1ccccn1)c1cnn2ccncc12. The first-order valence-electron chi connectivity index (χ1n) is 6.23. The Morgan fingerprint density at radius 3 is 3.00 bits per heavy atom. The maximum atomic E-state index is 4.37. The highest BCUT2D eigenvalue weighted by Crippen LogP contribution is 2.21. The van der Waals surface area contributed by atoms with Crippen LogP contribution in [-0.4, -0.2) is 26.6 Å². The molecule has 0 radical (unpaired) electrons. The van der Waals surface area contributed by atoms with Crippen molar-refractivity contribution < 1.29 is 0 Å². The van der Waals surface area contributed by atoms with Crippen LogP contribution >= 0.6 is 0 Å². The first-order chi connectivity index (χ1) is 9.38. The zero-order chi connectivity index (χ0) is 13.1. The predicted molar refractivity (Wildman–Crippen MR) is 72.7 cm³/mol. The fourth-order valence-corrected chi connectivity index (χ4v) is 2.22. The van der Waals surface area contributed by atoms with Crippen LogP contribution in [0.2, 0.25) is 0 Å². The van der Waals surface area contributed by atoms with Crippen molar-refractivity contribution >= 4 is 5.52 Å². The molecule has 0 amide bonds. The highest BCUT2D eigenvalue weighted by Gasteiger charge is 2.15. The van der Waals surface area contributed by atoms with Gasteiger partial charge in [-0.1, -0.05) is 6.07 Å². The summed E-state index contributed by atoms with van der Waals surface area (Å²) in [6.07, 6.45) is 9.96. The molecule has 0 bridgehead atoms. The van der Waals surface area contributed by atoms with Crippen molar-refractivity contribution in [2.24, 2.45) is 0 Å². The van der Waals surface area contributed by atoms with Crippen LogP contribution in [0, 0.1) is 0 Å². The quantitative estimate of drug-likeness (QED) is 0.767. The number of nitrogens with one attached hydrogen (secondary N) is 1. The largest absolute Gasteiger partial charge is 0.313 e. The summed E-state index contributed by atoms with van der Waals surface area (Å²) in [7, 11) is 1.95. The molecule has 0 fully saturated rings. The molecular weight excluding hydrogens is 238 g/mol.